The van der Waals surface area contributed by atoms with Crippen molar-refractivity contribution in [2.24, 2.45) is 17.8 Å². The minimum Gasteiger partial charge on any atom is -0.462 e. The number of rotatable bonds is 16. The SMILES string of the molecule is C=CCO[C@@]1(C)C[C@H](C)[C@H](OC2OC(C)C(OC(C)=O)C(N(C)C)C2OC(C)=O)[C@@H](C)[C@H](O[Si](CC)(CC)CC)CC(=O)OC(CC)C(CC(C)=O)C=C(C)C=CC1=O. The molecule has 7 unspecified atom stereocenters. The highest BCUT2D eigenvalue weighted by Crippen LogP contribution is 2.38. The number of esters is 3. The summed E-state index contributed by atoms with van der Waals surface area (Å²) in [6.07, 6.45) is 1.59. The average Bonchev–Trinajstić information content (AvgIpc) is 3.15. The number of Topliss-reactive ketones (excluding diaryl/α,β-unsaturated/α-hetero) is 1. The highest BCUT2D eigenvalue weighted by molar-refractivity contribution is 6.73. The van der Waals surface area contributed by atoms with Crippen molar-refractivity contribution in [3.05, 3.63) is 36.5 Å². The molecule has 0 aromatic heterocycles. The number of hydrogen-bond acceptors (Lipinski definition) is 13. The molecule has 13 nitrogen and oxygen atoms in total. The van der Waals surface area contributed by atoms with E-state index in [1.54, 1.807) is 40.1 Å². The van der Waals surface area contributed by atoms with Crippen molar-refractivity contribution >= 4 is 37.8 Å². The van der Waals surface area contributed by atoms with Crippen molar-refractivity contribution in [1.29, 1.82) is 0 Å². The van der Waals surface area contributed by atoms with E-state index >= 15 is 0 Å². The van der Waals surface area contributed by atoms with Crippen molar-refractivity contribution in [1.82, 2.24) is 4.90 Å². The van der Waals surface area contributed by atoms with E-state index < -0.39 is 98.5 Å². The van der Waals surface area contributed by atoms with Gasteiger partial charge in [0.05, 0.1) is 37.4 Å². The summed E-state index contributed by atoms with van der Waals surface area (Å²) < 4.78 is 45.0. The lowest BCUT2D eigenvalue weighted by Crippen LogP contribution is -2.65. The molecule has 0 spiro atoms. The first-order valence-corrected chi connectivity index (χ1v) is 24.0. The summed E-state index contributed by atoms with van der Waals surface area (Å²) in [6.45, 7) is 25.6. The highest BCUT2D eigenvalue weighted by Gasteiger charge is 2.52. The number of carbonyl (C=O) groups excluding carboxylic acids is 5. The standard InChI is InChI=1S/C45H75NO12Si/c1-16-23-52-45(13)27-29(7)41(57-44-43(55-34(12)49)40(46(14)15)42(32(10)53-44)54-33(11)48)31(9)37(58-59(18-3,19-4)20-5)26-39(51)56-36(17-2)35(25-30(8)47)24-28(6)21-22-38(45)50/h16,21-22,24,29,31-32,35-37,40-44H,1,17-20,23,25-27H2,2-15H3/t29-,31-,32?,35?,36?,37+,40?,41-,42?,43?,44?,45-/m0/s1. The third-order valence-corrected chi connectivity index (χ3v) is 16.7. The van der Waals surface area contributed by atoms with E-state index in [-0.39, 0.29) is 37.4 Å². The Balaban J connectivity index is 2.94. The smallest absolute Gasteiger partial charge is 0.308 e. The van der Waals surface area contributed by atoms with E-state index in [0.717, 1.165) is 23.7 Å². The molecular weight excluding hydrogens is 775 g/mol. The van der Waals surface area contributed by atoms with Gasteiger partial charge in [-0.3, -0.25) is 24.1 Å². The molecule has 0 amide bonds. The average molecular weight is 850 g/mol. The molecule has 0 aromatic carbocycles. The quantitative estimate of drug-likeness (QED) is 0.0661. The van der Waals surface area contributed by atoms with Gasteiger partial charge in [0.2, 0.25) is 0 Å². The third-order valence-electron chi connectivity index (χ3n) is 12.0. The molecule has 0 aliphatic carbocycles. The maximum atomic E-state index is 14.3. The molecule has 1 fully saturated rings. The molecule has 336 valence electrons. The number of nitrogens with zero attached hydrogens (tertiary/aromatic N) is 1. The summed E-state index contributed by atoms with van der Waals surface area (Å²) in [5.41, 5.74) is -0.617. The predicted octanol–water partition coefficient (Wildman–Crippen LogP) is 7.32. The van der Waals surface area contributed by atoms with E-state index in [4.69, 9.17) is 32.8 Å². The Morgan fingerprint density at radius 1 is 0.949 bits per heavy atom. The van der Waals surface area contributed by atoms with E-state index in [2.05, 4.69) is 27.4 Å². The van der Waals surface area contributed by atoms with Crippen LogP contribution in [0.1, 0.15) is 109 Å². The summed E-state index contributed by atoms with van der Waals surface area (Å²) >= 11 is 0. The molecule has 59 heavy (non-hydrogen) atoms. The molecule has 0 bridgehead atoms. The Bertz CT molecular complexity index is 1480. The number of likely N-dealkylation sites (N-methyl/N-ethyl adjacent to an activating group) is 1. The fraction of sp³-hybridized carbons (Fsp3) is 0.756. The Morgan fingerprint density at radius 3 is 2.05 bits per heavy atom. The van der Waals surface area contributed by atoms with Crippen molar-refractivity contribution in [2.45, 2.75) is 181 Å². The van der Waals surface area contributed by atoms with Gasteiger partial charge in [0, 0.05) is 32.1 Å². The first kappa shape index (κ1) is 52.1. The third kappa shape index (κ3) is 14.8. The molecule has 0 radical (unpaired) electrons. The van der Waals surface area contributed by atoms with Gasteiger partial charge in [-0.2, -0.15) is 0 Å². The maximum Gasteiger partial charge on any atom is 0.308 e. The van der Waals surface area contributed by atoms with Gasteiger partial charge in [-0.1, -0.05) is 65.3 Å². The molecule has 12 atom stereocenters. The minimum atomic E-state index is -2.40. The molecule has 2 aliphatic rings. The van der Waals surface area contributed by atoms with Gasteiger partial charge in [0.25, 0.3) is 0 Å². The zero-order valence-corrected chi connectivity index (χ0v) is 39.4. The van der Waals surface area contributed by atoms with Crippen LogP contribution in [0.5, 0.6) is 0 Å². The van der Waals surface area contributed by atoms with Crippen LogP contribution in [-0.4, -0.2) is 118 Å². The zero-order chi connectivity index (χ0) is 44.8. The highest BCUT2D eigenvalue weighted by atomic mass is 28.4. The van der Waals surface area contributed by atoms with Crippen LogP contribution in [0, 0.1) is 17.8 Å². The second kappa shape index (κ2) is 23.8. The minimum absolute atomic E-state index is 0.0520. The van der Waals surface area contributed by atoms with Gasteiger partial charge < -0.3 is 37.6 Å². The van der Waals surface area contributed by atoms with Crippen LogP contribution in [0.2, 0.25) is 18.1 Å². The number of cyclic esters (lactones) is 1. The molecule has 0 saturated carbocycles. The van der Waals surface area contributed by atoms with Gasteiger partial charge in [-0.05, 0) is 84.8 Å². The van der Waals surface area contributed by atoms with Gasteiger partial charge in [-0.15, -0.1) is 6.58 Å². The lowest BCUT2D eigenvalue weighted by molar-refractivity contribution is -0.307. The van der Waals surface area contributed by atoms with Crippen LogP contribution in [0.15, 0.2) is 36.5 Å². The van der Waals surface area contributed by atoms with E-state index in [9.17, 15) is 24.0 Å². The molecule has 14 heteroatoms. The Labute approximate surface area is 355 Å². The Hall–Kier alpha value is -3.01. The second-order valence-electron chi connectivity index (χ2n) is 17.0. The van der Waals surface area contributed by atoms with Crippen LogP contribution >= 0.6 is 0 Å². The molecule has 0 aromatic rings. The van der Waals surface area contributed by atoms with Crippen LogP contribution < -0.4 is 0 Å². The molecular formula is C45H75NO12Si. The monoisotopic (exact) mass is 850 g/mol. The Morgan fingerprint density at radius 2 is 1.54 bits per heavy atom. The van der Waals surface area contributed by atoms with Crippen molar-refractivity contribution in [3.63, 3.8) is 0 Å². The summed E-state index contributed by atoms with van der Waals surface area (Å²) in [5.74, 6) is -3.28. The lowest BCUT2D eigenvalue weighted by Gasteiger charge is -2.49. The summed E-state index contributed by atoms with van der Waals surface area (Å²) in [6, 6.07) is 1.79. The summed E-state index contributed by atoms with van der Waals surface area (Å²) in [4.78, 5) is 67.8. The predicted molar refractivity (Wildman–Crippen MR) is 229 cm³/mol. The van der Waals surface area contributed by atoms with Gasteiger partial charge in [0.15, 0.2) is 26.5 Å². The van der Waals surface area contributed by atoms with Crippen LogP contribution in [0.4, 0.5) is 0 Å². The van der Waals surface area contributed by atoms with E-state index in [0.29, 0.717) is 6.42 Å². The normalized spacial score (nSPS) is 32.9. The fourth-order valence-electron chi connectivity index (χ4n) is 8.63. The number of carbonyl (C=O) groups is 5. The van der Waals surface area contributed by atoms with Gasteiger partial charge in [-0.25, -0.2) is 0 Å². The maximum absolute atomic E-state index is 14.3. The topological polar surface area (TPSA) is 153 Å². The molecule has 1 saturated heterocycles. The van der Waals surface area contributed by atoms with Gasteiger partial charge >= 0.3 is 17.9 Å². The van der Waals surface area contributed by atoms with E-state index in [1.165, 1.54) is 26.8 Å². The molecule has 2 rings (SSSR count). The Kier molecular flexibility index (Phi) is 21.1. The molecule has 0 N–H and O–H groups in total. The van der Waals surface area contributed by atoms with Crippen molar-refractivity contribution < 1.29 is 56.8 Å². The molecule has 2 aliphatic heterocycles. The zero-order valence-electron chi connectivity index (χ0n) is 38.4. The number of ketones is 2. The van der Waals surface area contributed by atoms with Crippen molar-refractivity contribution in [2.75, 3.05) is 20.7 Å². The largest absolute Gasteiger partial charge is 0.462 e. The van der Waals surface area contributed by atoms with Gasteiger partial charge in [0.1, 0.15) is 23.6 Å². The number of allylic oxidation sites excluding steroid dienone is 2. The molecule has 2 heterocycles. The summed E-state index contributed by atoms with van der Waals surface area (Å²) in [7, 11) is 1.20. The van der Waals surface area contributed by atoms with Crippen LogP contribution in [0.25, 0.3) is 0 Å². The number of hydrogen-bond donors (Lipinski definition) is 0. The van der Waals surface area contributed by atoms with Crippen LogP contribution in [-0.2, 0) is 56.8 Å². The first-order valence-electron chi connectivity index (χ1n) is 21.4. The van der Waals surface area contributed by atoms with Crippen LogP contribution in [0.3, 0.4) is 0 Å². The fourth-order valence-corrected chi connectivity index (χ4v) is 11.6. The number of ether oxygens (including phenoxy) is 6. The van der Waals surface area contributed by atoms with Crippen molar-refractivity contribution in [3.8, 4) is 0 Å². The summed E-state index contributed by atoms with van der Waals surface area (Å²) in [5, 5.41) is 0. The lowest BCUT2D eigenvalue weighted by atomic mass is 9.80. The van der Waals surface area contributed by atoms with E-state index in [1.807, 2.05) is 38.7 Å². The first-order chi connectivity index (χ1) is 27.6. The second-order valence-corrected chi connectivity index (χ2v) is 21.7.